The third-order valence-electron chi connectivity index (χ3n) is 3.12. The summed E-state index contributed by atoms with van der Waals surface area (Å²) in [4.78, 5) is 0. The Morgan fingerprint density at radius 1 is 1.25 bits per heavy atom. The van der Waals surface area contributed by atoms with Crippen LogP contribution in [0.15, 0.2) is 12.4 Å². The summed E-state index contributed by atoms with van der Waals surface area (Å²) in [5.74, 6) is 0. The third kappa shape index (κ3) is 3.34. The monoisotopic (exact) mass is 223 g/mol. The fraction of sp³-hybridized carbons (Fsp3) is 0.769. The van der Waals surface area contributed by atoms with Crippen molar-refractivity contribution in [3.63, 3.8) is 0 Å². The van der Waals surface area contributed by atoms with Gasteiger partial charge in [0.05, 0.1) is 6.20 Å². The molecule has 1 rings (SSSR count). The lowest BCUT2D eigenvalue weighted by molar-refractivity contribution is 0.432. The maximum Gasteiger partial charge on any atom is 0.0537 e. The van der Waals surface area contributed by atoms with E-state index in [0.29, 0.717) is 18.1 Å². The molecule has 1 aromatic heterocycles. The summed E-state index contributed by atoms with van der Waals surface area (Å²) >= 11 is 0. The molecule has 0 amide bonds. The molecule has 1 N–H and O–H groups in total. The van der Waals surface area contributed by atoms with Gasteiger partial charge in [-0.25, -0.2) is 0 Å². The van der Waals surface area contributed by atoms with E-state index >= 15 is 0 Å². The van der Waals surface area contributed by atoms with Crippen LogP contribution in [0.1, 0.15) is 65.1 Å². The first-order valence-corrected chi connectivity index (χ1v) is 6.38. The molecule has 0 bridgehead atoms. The number of hydrogen-bond donors (Lipinski definition) is 1. The molecular weight excluding hydrogens is 198 g/mol. The van der Waals surface area contributed by atoms with Crippen molar-refractivity contribution in [3.05, 3.63) is 18.0 Å². The van der Waals surface area contributed by atoms with Gasteiger partial charge in [0.2, 0.25) is 0 Å². The van der Waals surface area contributed by atoms with Crippen LogP contribution in [0.4, 0.5) is 0 Å². The first-order valence-electron chi connectivity index (χ1n) is 6.38. The average Bonchev–Trinajstić information content (AvgIpc) is 2.74. The largest absolute Gasteiger partial charge is 0.307 e. The molecule has 1 unspecified atom stereocenters. The summed E-state index contributed by atoms with van der Waals surface area (Å²) in [5.41, 5.74) is 1.28. The van der Waals surface area contributed by atoms with Gasteiger partial charge in [-0.2, -0.15) is 5.10 Å². The predicted molar refractivity (Wildman–Crippen MR) is 68.5 cm³/mol. The Morgan fingerprint density at radius 2 is 1.88 bits per heavy atom. The van der Waals surface area contributed by atoms with Gasteiger partial charge in [0.1, 0.15) is 0 Å². The molecule has 0 radical (unpaired) electrons. The molecule has 16 heavy (non-hydrogen) atoms. The lowest BCUT2D eigenvalue weighted by atomic mass is 10.1. The molecule has 1 aromatic rings. The SMILES string of the molecule is CCC(CC)NC(C)c1cnn(C(C)C)c1. The van der Waals surface area contributed by atoms with E-state index < -0.39 is 0 Å². The number of nitrogens with zero attached hydrogens (tertiary/aromatic N) is 2. The maximum absolute atomic E-state index is 4.37. The van der Waals surface area contributed by atoms with Crippen LogP contribution in [0.2, 0.25) is 0 Å². The van der Waals surface area contributed by atoms with Gasteiger partial charge >= 0.3 is 0 Å². The average molecular weight is 223 g/mol. The molecule has 0 aliphatic rings. The van der Waals surface area contributed by atoms with E-state index in [0.717, 1.165) is 0 Å². The Kier molecular flexibility index (Phi) is 5.00. The summed E-state index contributed by atoms with van der Waals surface area (Å²) in [5, 5.41) is 8.00. The van der Waals surface area contributed by atoms with E-state index in [9.17, 15) is 0 Å². The lowest BCUT2D eigenvalue weighted by Crippen LogP contribution is -2.30. The maximum atomic E-state index is 4.37. The van der Waals surface area contributed by atoms with Gasteiger partial charge in [-0.15, -0.1) is 0 Å². The highest BCUT2D eigenvalue weighted by atomic mass is 15.3. The zero-order valence-corrected chi connectivity index (χ0v) is 11.2. The first kappa shape index (κ1) is 13.2. The zero-order valence-electron chi connectivity index (χ0n) is 11.2. The topological polar surface area (TPSA) is 29.9 Å². The molecule has 3 heteroatoms. The van der Waals surface area contributed by atoms with Gasteiger partial charge in [-0.05, 0) is 33.6 Å². The van der Waals surface area contributed by atoms with Crippen molar-refractivity contribution < 1.29 is 0 Å². The molecule has 3 nitrogen and oxygen atoms in total. The Hall–Kier alpha value is -0.830. The van der Waals surface area contributed by atoms with Crippen molar-refractivity contribution in [2.24, 2.45) is 0 Å². The summed E-state index contributed by atoms with van der Waals surface area (Å²) in [6, 6.07) is 1.43. The summed E-state index contributed by atoms with van der Waals surface area (Å²) in [6.45, 7) is 11.0. The Labute approximate surface area is 99.2 Å². The van der Waals surface area contributed by atoms with E-state index in [1.54, 1.807) is 0 Å². The quantitative estimate of drug-likeness (QED) is 0.802. The van der Waals surface area contributed by atoms with Gasteiger partial charge in [-0.3, -0.25) is 4.68 Å². The zero-order chi connectivity index (χ0) is 12.1. The van der Waals surface area contributed by atoms with Crippen molar-refractivity contribution in [2.45, 2.75) is 65.6 Å². The molecule has 1 heterocycles. The van der Waals surface area contributed by atoms with Crippen LogP contribution in [0.25, 0.3) is 0 Å². The van der Waals surface area contributed by atoms with Crippen molar-refractivity contribution in [2.75, 3.05) is 0 Å². The van der Waals surface area contributed by atoms with Gasteiger partial charge in [-0.1, -0.05) is 13.8 Å². The van der Waals surface area contributed by atoms with Crippen LogP contribution in [-0.4, -0.2) is 15.8 Å². The van der Waals surface area contributed by atoms with Crippen LogP contribution in [-0.2, 0) is 0 Å². The van der Waals surface area contributed by atoms with E-state index in [4.69, 9.17) is 0 Å². The fourth-order valence-corrected chi connectivity index (χ4v) is 1.83. The second-order valence-electron chi connectivity index (χ2n) is 4.75. The minimum Gasteiger partial charge on any atom is -0.307 e. The van der Waals surface area contributed by atoms with Crippen LogP contribution < -0.4 is 5.32 Å². The normalized spacial score (nSPS) is 13.7. The standard InChI is InChI=1S/C13H25N3/c1-6-13(7-2)15-11(5)12-8-14-16(9-12)10(3)4/h8-11,13,15H,6-7H2,1-5H3. The summed E-state index contributed by atoms with van der Waals surface area (Å²) in [7, 11) is 0. The van der Waals surface area contributed by atoms with E-state index in [2.05, 4.69) is 51.2 Å². The highest BCUT2D eigenvalue weighted by Crippen LogP contribution is 2.15. The van der Waals surface area contributed by atoms with Crippen LogP contribution in [0, 0.1) is 0 Å². The van der Waals surface area contributed by atoms with E-state index in [-0.39, 0.29) is 0 Å². The molecule has 0 aliphatic heterocycles. The van der Waals surface area contributed by atoms with Gasteiger partial charge in [0, 0.05) is 29.9 Å². The Bertz CT molecular complexity index is 300. The fourth-order valence-electron chi connectivity index (χ4n) is 1.83. The molecule has 0 aromatic carbocycles. The molecule has 1 atom stereocenters. The van der Waals surface area contributed by atoms with Crippen LogP contribution in [0.5, 0.6) is 0 Å². The number of hydrogen-bond acceptors (Lipinski definition) is 2. The second-order valence-corrected chi connectivity index (χ2v) is 4.75. The summed E-state index contributed by atoms with van der Waals surface area (Å²) in [6.07, 6.45) is 6.48. The second kappa shape index (κ2) is 6.04. The Morgan fingerprint density at radius 3 is 2.31 bits per heavy atom. The first-order chi connectivity index (χ1) is 7.58. The molecule has 92 valence electrons. The van der Waals surface area contributed by atoms with Gasteiger partial charge in [0.25, 0.3) is 0 Å². The van der Waals surface area contributed by atoms with Crippen molar-refractivity contribution in [1.29, 1.82) is 0 Å². The van der Waals surface area contributed by atoms with Gasteiger partial charge < -0.3 is 5.32 Å². The third-order valence-corrected chi connectivity index (χ3v) is 3.12. The molecule has 0 saturated carbocycles. The molecule has 0 fully saturated rings. The van der Waals surface area contributed by atoms with E-state index in [1.165, 1.54) is 18.4 Å². The van der Waals surface area contributed by atoms with Crippen LogP contribution >= 0.6 is 0 Å². The lowest BCUT2D eigenvalue weighted by Gasteiger charge is -2.20. The smallest absolute Gasteiger partial charge is 0.0537 e. The van der Waals surface area contributed by atoms with Crippen LogP contribution in [0.3, 0.4) is 0 Å². The van der Waals surface area contributed by atoms with Crippen molar-refractivity contribution >= 4 is 0 Å². The number of aromatic nitrogens is 2. The van der Waals surface area contributed by atoms with E-state index in [1.807, 2.05) is 10.9 Å². The van der Waals surface area contributed by atoms with Crippen molar-refractivity contribution in [1.82, 2.24) is 15.1 Å². The minimum atomic E-state index is 0.386. The minimum absolute atomic E-state index is 0.386. The highest BCUT2D eigenvalue weighted by Gasteiger charge is 2.12. The number of rotatable bonds is 6. The summed E-state index contributed by atoms with van der Waals surface area (Å²) < 4.78 is 2.01. The number of nitrogens with one attached hydrogen (secondary N) is 1. The molecule has 0 spiro atoms. The molecule has 0 saturated heterocycles. The molecule has 0 aliphatic carbocycles. The predicted octanol–water partition coefficient (Wildman–Crippen LogP) is 3.30. The highest BCUT2D eigenvalue weighted by molar-refractivity contribution is 5.09. The van der Waals surface area contributed by atoms with Crippen molar-refractivity contribution in [3.8, 4) is 0 Å². The molecular formula is C13H25N3. The Balaban J connectivity index is 2.61. The van der Waals surface area contributed by atoms with Gasteiger partial charge in [0.15, 0.2) is 0 Å².